The summed E-state index contributed by atoms with van der Waals surface area (Å²) in [5.41, 5.74) is 7.42. The monoisotopic (exact) mass is 420 g/mol. The van der Waals surface area contributed by atoms with E-state index in [-0.39, 0.29) is 11.5 Å². The van der Waals surface area contributed by atoms with Crippen LogP contribution in [-0.4, -0.2) is 34.7 Å². The average molecular weight is 421 g/mol. The van der Waals surface area contributed by atoms with Gasteiger partial charge < -0.3 is 5.11 Å². The summed E-state index contributed by atoms with van der Waals surface area (Å²) in [5.74, 6) is -0.163. The van der Waals surface area contributed by atoms with Gasteiger partial charge in [-0.3, -0.25) is 4.79 Å². The van der Waals surface area contributed by atoms with Gasteiger partial charge in [0, 0.05) is 11.5 Å². The number of carboxylic acid groups (broad SMARTS) is 1. The number of hydrogen-bond acceptors (Lipinski definition) is 4. The molecule has 5 nitrogen and oxygen atoms in total. The standard InChI is InChI=1S/C23H36N2O3S/c1-18(2)8-6-9-20(5)10-7-11-21(13-12-19(3)4)14-15-29-16-22(23(27)28)25-24-17-26/h8,10,12,14,17H,6-7,9,11,13,15-16H2,1-5H3,(H,24,26)(H,27,28). The molecular formula is C23H36N2O3S. The summed E-state index contributed by atoms with van der Waals surface area (Å²) in [4.78, 5) is 21.4. The van der Waals surface area contributed by atoms with Crippen molar-refractivity contribution in [2.45, 2.75) is 66.7 Å². The van der Waals surface area contributed by atoms with Crippen LogP contribution in [0.1, 0.15) is 66.7 Å². The van der Waals surface area contributed by atoms with Crippen LogP contribution < -0.4 is 5.43 Å². The predicted molar refractivity (Wildman–Crippen MR) is 125 cm³/mol. The van der Waals surface area contributed by atoms with Gasteiger partial charge in [0.2, 0.25) is 6.41 Å². The van der Waals surface area contributed by atoms with Crippen molar-refractivity contribution in [1.29, 1.82) is 0 Å². The van der Waals surface area contributed by atoms with E-state index < -0.39 is 5.97 Å². The van der Waals surface area contributed by atoms with Gasteiger partial charge in [0.1, 0.15) is 0 Å². The lowest BCUT2D eigenvalue weighted by Gasteiger charge is -2.06. The third-order valence-electron chi connectivity index (χ3n) is 4.05. The molecule has 0 spiro atoms. The summed E-state index contributed by atoms with van der Waals surface area (Å²) in [6.45, 7) is 10.6. The molecule has 0 aliphatic carbocycles. The zero-order chi connectivity index (χ0) is 22.1. The second kappa shape index (κ2) is 16.8. The van der Waals surface area contributed by atoms with Crippen molar-refractivity contribution in [3.8, 4) is 0 Å². The second-order valence-corrected chi connectivity index (χ2v) is 8.41. The van der Waals surface area contributed by atoms with Crippen LogP contribution in [0.4, 0.5) is 0 Å². The number of aliphatic carboxylic acids is 1. The predicted octanol–water partition coefficient (Wildman–Crippen LogP) is 5.66. The highest BCUT2D eigenvalue weighted by atomic mass is 32.2. The van der Waals surface area contributed by atoms with Crippen molar-refractivity contribution >= 4 is 29.9 Å². The maximum Gasteiger partial charge on any atom is 0.352 e. The lowest BCUT2D eigenvalue weighted by molar-refractivity contribution is -0.129. The van der Waals surface area contributed by atoms with Crippen molar-refractivity contribution in [3.05, 3.63) is 46.6 Å². The van der Waals surface area contributed by atoms with Crippen LogP contribution in [0, 0.1) is 0 Å². The number of nitrogens with zero attached hydrogens (tertiary/aromatic N) is 1. The first-order valence-electron chi connectivity index (χ1n) is 9.93. The summed E-state index contributed by atoms with van der Waals surface area (Å²) >= 11 is 1.47. The van der Waals surface area contributed by atoms with E-state index in [1.54, 1.807) is 0 Å². The first-order valence-corrected chi connectivity index (χ1v) is 11.1. The lowest BCUT2D eigenvalue weighted by atomic mass is 10.0. The second-order valence-electron chi connectivity index (χ2n) is 7.38. The third-order valence-corrected chi connectivity index (χ3v) is 4.93. The number of hydrazone groups is 1. The number of thioether (sulfide) groups is 1. The zero-order valence-corrected chi connectivity index (χ0v) is 19.3. The zero-order valence-electron chi connectivity index (χ0n) is 18.5. The Labute approximate surface area is 180 Å². The molecule has 6 heteroatoms. The van der Waals surface area contributed by atoms with Crippen molar-refractivity contribution in [2.24, 2.45) is 5.10 Å². The number of rotatable bonds is 15. The minimum absolute atomic E-state index is 0.0590. The highest BCUT2D eigenvalue weighted by molar-refractivity contribution is 8.00. The van der Waals surface area contributed by atoms with Crippen LogP contribution in [0.2, 0.25) is 0 Å². The first-order chi connectivity index (χ1) is 13.8. The summed E-state index contributed by atoms with van der Waals surface area (Å²) in [5, 5.41) is 12.6. The fraction of sp³-hybridized carbons (Fsp3) is 0.522. The van der Waals surface area contributed by atoms with E-state index in [9.17, 15) is 9.59 Å². The lowest BCUT2D eigenvalue weighted by Crippen LogP contribution is -2.20. The Hall–Kier alpha value is -2.08. The summed E-state index contributed by atoms with van der Waals surface area (Å²) < 4.78 is 0. The van der Waals surface area contributed by atoms with Crippen LogP contribution in [-0.2, 0) is 9.59 Å². The van der Waals surface area contributed by atoms with Gasteiger partial charge in [-0.1, -0.05) is 46.6 Å². The van der Waals surface area contributed by atoms with Gasteiger partial charge in [-0.25, -0.2) is 10.2 Å². The molecule has 1 amide bonds. The van der Waals surface area contributed by atoms with Crippen LogP contribution in [0.3, 0.4) is 0 Å². The van der Waals surface area contributed by atoms with Crippen LogP contribution in [0.5, 0.6) is 0 Å². The highest BCUT2D eigenvalue weighted by Crippen LogP contribution is 2.17. The molecule has 0 unspecified atom stereocenters. The molecule has 0 saturated carbocycles. The molecule has 0 bridgehead atoms. The van der Waals surface area contributed by atoms with Gasteiger partial charge in [0.15, 0.2) is 5.71 Å². The van der Waals surface area contributed by atoms with Gasteiger partial charge in [-0.05, 0) is 66.7 Å². The molecule has 0 aromatic heterocycles. The molecule has 0 saturated heterocycles. The largest absolute Gasteiger partial charge is 0.477 e. The highest BCUT2D eigenvalue weighted by Gasteiger charge is 2.09. The molecule has 0 radical (unpaired) electrons. The number of allylic oxidation sites excluding steroid dienone is 7. The third kappa shape index (κ3) is 16.6. The van der Waals surface area contributed by atoms with Gasteiger partial charge in [-0.15, -0.1) is 0 Å². The Morgan fingerprint density at radius 1 is 0.966 bits per heavy atom. The van der Waals surface area contributed by atoms with Crippen molar-refractivity contribution in [2.75, 3.05) is 11.5 Å². The summed E-state index contributed by atoms with van der Waals surface area (Å²) in [7, 11) is 0. The molecule has 0 aliphatic heterocycles. The normalized spacial score (nSPS) is 12.4. The average Bonchev–Trinajstić information content (AvgIpc) is 2.64. The Balaban J connectivity index is 4.71. The Morgan fingerprint density at radius 2 is 1.62 bits per heavy atom. The van der Waals surface area contributed by atoms with Crippen molar-refractivity contribution in [3.63, 3.8) is 0 Å². The number of carboxylic acids is 1. The Bertz CT molecular complexity index is 666. The molecular weight excluding hydrogens is 384 g/mol. The fourth-order valence-electron chi connectivity index (χ4n) is 2.40. The number of carbonyl (C=O) groups is 2. The summed E-state index contributed by atoms with van der Waals surface area (Å²) in [6.07, 6.45) is 14.5. The molecule has 0 aromatic carbocycles. The van der Waals surface area contributed by atoms with Crippen molar-refractivity contribution in [1.82, 2.24) is 5.43 Å². The van der Waals surface area contributed by atoms with E-state index in [4.69, 9.17) is 5.11 Å². The van der Waals surface area contributed by atoms with Crippen LogP contribution in [0.15, 0.2) is 51.7 Å². The molecule has 0 aromatic rings. The van der Waals surface area contributed by atoms with Gasteiger partial charge in [0.25, 0.3) is 0 Å². The first kappa shape index (κ1) is 26.9. The number of nitrogens with one attached hydrogen (secondary N) is 1. The molecule has 162 valence electrons. The topological polar surface area (TPSA) is 78.8 Å². The quantitative estimate of drug-likeness (QED) is 0.118. The van der Waals surface area contributed by atoms with Crippen LogP contribution in [0.25, 0.3) is 0 Å². The maximum atomic E-state index is 11.1. The molecule has 29 heavy (non-hydrogen) atoms. The molecule has 2 N–H and O–H groups in total. The molecule has 0 aliphatic rings. The SMILES string of the molecule is CC(C)=CCCC(C)=CCCC(=CCSCC(=NNC=O)C(=O)O)CC=C(C)C. The minimum Gasteiger partial charge on any atom is -0.477 e. The van der Waals surface area contributed by atoms with Gasteiger partial charge >= 0.3 is 5.97 Å². The van der Waals surface area contributed by atoms with E-state index in [1.165, 1.54) is 34.1 Å². The van der Waals surface area contributed by atoms with E-state index in [0.717, 1.165) is 32.1 Å². The van der Waals surface area contributed by atoms with E-state index in [1.807, 2.05) is 0 Å². The maximum absolute atomic E-state index is 11.1. The Morgan fingerprint density at radius 3 is 2.21 bits per heavy atom. The number of hydrogen-bond donors (Lipinski definition) is 2. The Kier molecular flexibility index (Phi) is 15.6. The smallest absolute Gasteiger partial charge is 0.352 e. The fourth-order valence-corrected chi connectivity index (χ4v) is 3.25. The number of amides is 1. The van der Waals surface area contributed by atoms with E-state index >= 15 is 0 Å². The van der Waals surface area contributed by atoms with E-state index in [2.05, 4.69) is 69.4 Å². The van der Waals surface area contributed by atoms with Gasteiger partial charge in [0.05, 0.1) is 0 Å². The minimum atomic E-state index is -1.12. The molecule has 0 atom stereocenters. The summed E-state index contributed by atoms with van der Waals surface area (Å²) in [6, 6.07) is 0. The van der Waals surface area contributed by atoms with Crippen LogP contribution >= 0.6 is 11.8 Å². The molecule has 0 heterocycles. The van der Waals surface area contributed by atoms with Crippen molar-refractivity contribution < 1.29 is 14.7 Å². The number of carbonyl (C=O) groups excluding carboxylic acids is 1. The molecule has 0 fully saturated rings. The molecule has 0 rings (SSSR count). The van der Waals surface area contributed by atoms with E-state index in [0.29, 0.717) is 12.2 Å². The van der Waals surface area contributed by atoms with Gasteiger partial charge in [-0.2, -0.15) is 16.9 Å².